The van der Waals surface area contributed by atoms with Gasteiger partial charge in [0.1, 0.15) is 0 Å². The van der Waals surface area contributed by atoms with Gasteiger partial charge in [-0.1, -0.05) is 32.9 Å². The monoisotopic (exact) mass is 276 g/mol. The molecular formula is C17H28N2O. The van der Waals surface area contributed by atoms with Crippen LogP contribution < -0.4 is 5.32 Å². The second-order valence-corrected chi connectivity index (χ2v) is 6.85. The van der Waals surface area contributed by atoms with E-state index >= 15 is 0 Å². The lowest BCUT2D eigenvalue weighted by molar-refractivity contribution is 0.178. The molecule has 1 aromatic carbocycles. The van der Waals surface area contributed by atoms with Crippen molar-refractivity contribution in [1.29, 1.82) is 0 Å². The lowest BCUT2D eigenvalue weighted by Gasteiger charge is -2.30. The molecule has 0 spiro atoms. The molecule has 0 atom stereocenters. The normalized spacial score (nSPS) is 11.8. The molecule has 2 amide bonds. The summed E-state index contributed by atoms with van der Waals surface area (Å²) in [7, 11) is 0. The highest BCUT2D eigenvalue weighted by molar-refractivity contribution is 5.89. The minimum Gasteiger partial charge on any atom is -0.320 e. The molecule has 0 aliphatic rings. The fourth-order valence-corrected chi connectivity index (χ4v) is 2.31. The largest absolute Gasteiger partial charge is 0.322 e. The minimum atomic E-state index is -0.0430. The number of rotatable bonds is 3. The van der Waals surface area contributed by atoms with E-state index in [1.807, 2.05) is 44.7 Å². The number of nitrogens with one attached hydrogen (secondary N) is 1. The summed E-state index contributed by atoms with van der Waals surface area (Å²) in [4.78, 5) is 14.1. The van der Waals surface area contributed by atoms with Gasteiger partial charge in [0.2, 0.25) is 0 Å². The van der Waals surface area contributed by atoms with Gasteiger partial charge in [0.05, 0.1) is 0 Å². The summed E-state index contributed by atoms with van der Waals surface area (Å²) in [5.41, 5.74) is 2.24. The molecule has 0 aliphatic heterocycles. The number of urea groups is 1. The van der Waals surface area contributed by atoms with Crippen molar-refractivity contribution in [3.8, 4) is 0 Å². The molecule has 3 heteroatoms. The number of hydrogen-bond acceptors (Lipinski definition) is 1. The third-order valence-corrected chi connectivity index (χ3v) is 3.35. The number of benzene rings is 1. The van der Waals surface area contributed by atoms with E-state index in [0.29, 0.717) is 0 Å². The zero-order chi connectivity index (χ0) is 15.5. The zero-order valence-electron chi connectivity index (χ0n) is 13.8. The Morgan fingerprint density at radius 2 is 1.45 bits per heavy atom. The van der Waals surface area contributed by atoms with Crippen molar-refractivity contribution in [3.63, 3.8) is 0 Å². The van der Waals surface area contributed by atoms with Gasteiger partial charge in [-0.15, -0.1) is 0 Å². The van der Waals surface area contributed by atoms with Crippen LogP contribution in [0.15, 0.2) is 24.3 Å². The summed E-state index contributed by atoms with van der Waals surface area (Å²) in [5, 5.41) is 2.97. The van der Waals surface area contributed by atoms with E-state index in [9.17, 15) is 4.79 Å². The van der Waals surface area contributed by atoms with Gasteiger partial charge in [-0.25, -0.2) is 4.79 Å². The van der Waals surface area contributed by atoms with Crippen molar-refractivity contribution in [3.05, 3.63) is 29.8 Å². The molecule has 20 heavy (non-hydrogen) atoms. The van der Waals surface area contributed by atoms with Gasteiger partial charge in [-0.05, 0) is 50.8 Å². The summed E-state index contributed by atoms with van der Waals surface area (Å²) >= 11 is 0. The van der Waals surface area contributed by atoms with E-state index in [4.69, 9.17) is 0 Å². The highest BCUT2D eigenvalue weighted by Gasteiger charge is 2.20. The van der Waals surface area contributed by atoms with Crippen LogP contribution in [0.5, 0.6) is 0 Å². The first kappa shape index (κ1) is 16.5. The SMILES string of the molecule is CC(C)N(C(=O)Nc1ccc(C(C)(C)C)cc1)C(C)C. The van der Waals surface area contributed by atoms with E-state index in [1.165, 1.54) is 5.56 Å². The Balaban J connectivity index is 2.81. The van der Waals surface area contributed by atoms with Gasteiger partial charge >= 0.3 is 6.03 Å². The van der Waals surface area contributed by atoms with Crippen molar-refractivity contribution in [2.75, 3.05) is 5.32 Å². The fraction of sp³-hybridized carbons (Fsp3) is 0.588. The van der Waals surface area contributed by atoms with E-state index in [1.54, 1.807) is 0 Å². The molecule has 0 unspecified atom stereocenters. The standard InChI is InChI=1S/C17H28N2O/c1-12(2)19(13(3)4)16(20)18-15-10-8-14(9-11-15)17(5,6)7/h8-13H,1-7H3,(H,18,20). The number of carbonyl (C=O) groups is 1. The van der Waals surface area contributed by atoms with Crippen LogP contribution in [-0.4, -0.2) is 23.0 Å². The lowest BCUT2D eigenvalue weighted by atomic mass is 9.87. The quantitative estimate of drug-likeness (QED) is 0.857. The molecule has 0 bridgehead atoms. The zero-order valence-corrected chi connectivity index (χ0v) is 13.8. The predicted molar refractivity (Wildman–Crippen MR) is 86.3 cm³/mol. The average molecular weight is 276 g/mol. The fourth-order valence-electron chi connectivity index (χ4n) is 2.31. The number of nitrogens with zero attached hydrogens (tertiary/aromatic N) is 1. The molecule has 0 fully saturated rings. The van der Waals surface area contributed by atoms with E-state index in [2.05, 4.69) is 38.2 Å². The maximum absolute atomic E-state index is 12.3. The maximum atomic E-state index is 12.3. The smallest absolute Gasteiger partial charge is 0.320 e. The third kappa shape index (κ3) is 4.26. The molecular weight excluding hydrogens is 248 g/mol. The number of anilines is 1. The molecule has 0 aliphatic carbocycles. The minimum absolute atomic E-state index is 0.0430. The van der Waals surface area contributed by atoms with E-state index < -0.39 is 0 Å². The van der Waals surface area contributed by atoms with Gasteiger partial charge in [-0.2, -0.15) is 0 Å². The second kappa shape index (κ2) is 6.29. The molecule has 1 N–H and O–H groups in total. The Morgan fingerprint density at radius 3 is 1.80 bits per heavy atom. The summed E-state index contributed by atoms with van der Waals surface area (Å²) in [6, 6.07) is 8.41. The van der Waals surface area contributed by atoms with Crippen molar-refractivity contribution >= 4 is 11.7 Å². The van der Waals surface area contributed by atoms with E-state index in [-0.39, 0.29) is 23.5 Å². The van der Waals surface area contributed by atoms with Crippen LogP contribution in [0.1, 0.15) is 54.0 Å². The van der Waals surface area contributed by atoms with Crippen molar-refractivity contribution in [2.24, 2.45) is 0 Å². The molecule has 3 nitrogen and oxygen atoms in total. The average Bonchev–Trinajstić information content (AvgIpc) is 2.26. The molecule has 0 radical (unpaired) electrons. The van der Waals surface area contributed by atoms with Gasteiger partial charge in [0.25, 0.3) is 0 Å². The Hall–Kier alpha value is -1.51. The molecule has 0 saturated carbocycles. The Bertz CT molecular complexity index is 433. The Labute approximate surface area is 123 Å². The topological polar surface area (TPSA) is 32.3 Å². The van der Waals surface area contributed by atoms with Crippen LogP contribution in [-0.2, 0) is 5.41 Å². The van der Waals surface area contributed by atoms with Crippen LogP contribution in [0.3, 0.4) is 0 Å². The summed E-state index contributed by atoms with van der Waals surface area (Å²) in [6.45, 7) is 14.7. The number of carbonyl (C=O) groups excluding carboxylic acids is 1. The molecule has 1 aromatic rings. The molecule has 1 rings (SSSR count). The summed E-state index contributed by atoms with van der Waals surface area (Å²) in [5.74, 6) is 0. The predicted octanol–water partition coefficient (Wildman–Crippen LogP) is 4.63. The van der Waals surface area contributed by atoms with Gasteiger partial charge in [0, 0.05) is 17.8 Å². The third-order valence-electron chi connectivity index (χ3n) is 3.35. The van der Waals surface area contributed by atoms with Crippen LogP contribution in [0.2, 0.25) is 0 Å². The Kier molecular flexibility index (Phi) is 5.21. The van der Waals surface area contributed by atoms with Crippen LogP contribution in [0.4, 0.5) is 10.5 Å². The van der Waals surface area contributed by atoms with Crippen LogP contribution in [0.25, 0.3) is 0 Å². The number of amides is 2. The maximum Gasteiger partial charge on any atom is 0.322 e. The first-order valence-electron chi connectivity index (χ1n) is 7.32. The summed E-state index contributed by atoms with van der Waals surface area (Å²) in [6.07, 6.45) is 0. The van der Waals surface area contributed by atoms with Gasteiger partial charge in [0.15, 0.2) is 0 Å². The van der Waals surface area contributed by atoms with Crippen LogP contribution in [0, 0.1) is 0 Å². The Morgan fingerprint density at radius 1 is 1.00 bits per heavy atom. The number of hydrogen-bond donors (Lipinski definition) is 1. The molecule has 0 saturated heterocycles. The highest BCUT2D eigenvalue weighted by Crippen LogP contribution is 2.23. The summed E-state index contributed by atoms with van der Waals surface area (Å²) < 4.78 is 0. The lowest BCUT2D eigenvalue weighted by Crippen LogP contribution is -2.44. The second-order valence-electron chi connectivity index (χ2n) is 6.85. The van der Waals surface area contributed by atoms with Gasteiger partial charge < -0.3 is 10.2 Å². The molecule has 0 heterocycles. The molecule has 112 valence electrons. The first-order valence-corrected chi connectivity index (χ1v) is 7.32. The van der Waals surface area contributed by atoms with Crippen molar-refractivity contribution < 1.29 is 4.79 Å². The van der Waals surface area contributed by atoms with Crippen molar-refractivity contribution in [1.82, 2.24) is 4.90 Å². The van der Waals surface area contributed by atoms with Gasteiger partial charge in [-0.3, -0.25) is 0 Å². The highest BCUT2D eigenvalue weighted by atomic mass is 16.2. The van der Waals surface area contributed by atoms with Crippen molar-refractivity contribution in [2.45, 2.75) is 66.0 Å². The van der Waals surface area contributed by atoms with E-state index in [0.717, 1.165) is 5.69 Å². The first-order chi connectivity index (χ1) is 9.12. The molecule has 0 aromatic heterocycles. The van der Waals surface area contributed by atoms with Crippen LogP contribution >= 0.6 is 0 Å².